The Balaban J connectivity index is 2.48. The predicted molar refractivity (Wildman–Crippen MR) is 54.1 cm³/mol. The lowest BCUT2D eigenvalue weighted by atomic mass is 10.2. The molecule has 13 heavy (non-hydrogen) atoms. The van der Waals surface area contributed by atoms with Gasteiger partial charge in [0.25, 0.3) is 0 Å². The second-order valence-corrected chi connectivity index (χ2v) is 2.88. The summed E-state index contributed by atoms with van der Waals surface area (Å²) >= 11 is 5.76. The van der Waals surface area contributed by atoms with Crippen LogP contribution in [0.5, 0.6) is 0 Å². The van der Waals surface area contributed by atoms with E-state index < -0.39 is 0 Å². The topological polar surface area (TPSA) is 44.6 Å². The van der Waals surface area contributed by atoms with Crippen LogP contribution in [-0.4, -0.2) is 24.5 Å². The Morgan fingerprint density at radius 2 is 2.38 bits per heavy atom. The maximum absolute atomic E-state index is 8.45. The van der Waals surface area contributed by atoms with E-state index in [9.17, 15) is 0 Å². The maximum atomic E-state index is 8.45. The highest BCUT2D eigenvalue weighted by Gasteiger charge is 1.88. The lowest BCUT2D eigenvalue weighted by molar-refractivity contribution is 0.294. The Morgan fingerprint density at radius 1 is 1.54 bits per heavy atom. The number of nitrogens with one attached hydrogen (secondary N) is 1. The zero-order chi connectivity index (χ0) is 9.52. The van der Waals surface area contributed by atoms with Gasteiger partial charge < -0.3 is 10.5 Å². The van der Waals surface area contributed by atoms with Crippen molar-refractivity contribution in [2.75, 3.05) is 13.2 Å². The van der Waals surface area contributed by atoms with Crippen LogP contribution in [0.1, 0.15) is 5.56 Å². The third-order valence-corrected chi connectivity index (χ3v) is 1.61. The molecule has 0 radical (unpaired) electrons. The largest absolute Gasteiger partial charge is 0.394 e. The summed E-state index contributed by atoms with van der Waals surface area (Å²) in [5.41, 5.74) is 3.61. The van der Waals surface area contributed by atoms with Crippen LogP contribution in [0.2, 0.25) is 5.02 Å². The number of benzene rings is 1. The van der Waals surface area contributed by atoms with Gasteiger partial charge in [0, 0.05) is 5.02 Å². The van der Waals surface area contributed by atoms with Gasteiger partial charge in [0.15, 0.2) is 0 Å². The van der Waals surface area contributed by atoms with Crippen molar-refractivity contribution in [2.24, 2.45) is 5.10 Å². The third kappa shape index (κ3) is 3.92. The van der Waals surface area contributed by atoms with Gasteiger partial charge in [-0.15, -0.1) is 0 Å². The summed E-state index contributed by atoms with van der Waals surface area (Å²) in [5, 5.41) is 13.0. The molecular formula is C9H11ClN2O. The summed E-state index contributed by atoms with van der Waals surface area (Å²) in [6.45, 7) is 0.532. The average Bonchev–Trinajstić information content (AvgIpc) is 2.13. The van der Waals surface area contributed by atoms with E-state index in [4.69, 9.17) is 16.7 Å². The second kappa shape index (κ2) is 5.56. The molecule has 0 saturated heterocycles. The van der Waals surface area contributed by atoms with E-state index in [0.717, 1.165) is 5.56 Å². The number of aliphatic hydroxyl groups excluding tert-OH is 1. The molecule has 0 aliphatic heterocycles. The first kappa shape index (κ1) is 10.0. The first-order chi connectivity index (χ1) is 6.33. The fourth-order valence-corrected chi connectivity index (χ4v) is 1.02. The lowest BCUT2D eigenvalue weighted by Gasteiger charge is -1.95. The molecule has 70 valence electrons. The summed E-state index contributed by atoms with van der Waals surface area (Å²) in [6.07, 6.45) is 1.65. The summed E-state index contributed by atoms with van der Waals surface area (Å²) in [6, 6.07) is 7.37. The number of aliphatic hydroxyl groups is 1. The molecule has 0 aliphatic rings. The molecule has 4 heteroatoms. The monoisotopic (exact) mass is 198 g/mol. The molecule has 3 nitrogen and oxygen atoms in total. The molecule has 0 spiro atoms. The van der Waals surface area contributed by atoms with Crippen LogP contribution in [0, 0.1) is 0 Å². The van der Waals surface area contributed by atoms with E-state index >= 15 is 0 Å². The zero-order valence-electron chi connectivity index (χ0n) is 7.07. The van der Waals surface area contributed by atoms with Crippen LogP contribution < -0.4 is 5.43 Å². The van der Waals surface area contributed by atoms with Crippen LogP contribution in [-0.2, 0) is 0 Å². The minimum atomic E-state index is 0.0763. The van der Waals surface area contributed by atoms with Crippen molar-refractivity contribution in [1.82, 2.24) is 5.43 Å². The summed E-state index contributed by atoms with van der Waals surface area (Å²) in [4.78, 5) is 0. The number of rotatable bonds is 4. The van der Waals surface area contributed by atoms with E-state index in [0.29, 0.717) is 11.6 Å². The van der Waals surface area contributed by atoms with Gasteiger partial charge in [-0.3, -0.25) is 0 Å². The van der Waals surface area contributed by atoms with Gasteiger partial charge in [-0.2, -0.15) is 5.10 Å². The van der Waals surface area contributed by atoms with Crippen LogP contribution >= 0.6 is 11.6 Å². The third-order valence-electron chi connectivity index (χ3n) is 1.38. The molecule has 1 aromatic rings. The van der Waals surface area contributed by atoms with Crippen LogP contribution in [0.3, 0.4) is 0 Å². The van der Waals surface area contributed by atoms with Crippen molar-refractivity contribution in [3.63, 3.8) is 0 Å². The highest BCUT2D eigenvalue weighted by molar-refractivity contribution is 6.30. The van der Waals surface area contributed by atoms with Gasteiger partial charge in [0.05, 0.1) is 19.4 Å². The van der Waals surface area contributed by atoms with Gasteiger partial charge in [-0.1, -0.05) is 23.7 Å². The van der Waals surface area contributed by atoms with Gasteiger partial charge in [-0.05, 0) is 17.7 Å². The van der Waals surface area contributed by atoms with Crippen molar-refractivity contribution in [3.8, 4) is 0 Å². The highest BCUT2D eigenvalue weighted by Crippen LogP contribution is 2.08. The molecule has 0 saturated carbocycles. The quantitative estimate of drug-likeness (QED) is 0.435. The highest BCUT2D eigenvalue weighted by atomic mass is 35.5. The number of halogens is 1. The molecule has 1 aromatic carbocycles. The first-order valence-corrected chi connectivity index (χ1v) is 4.33. The smallest absolute Gasteiger partial charge is 0.0620 e. The van der Waals surface area contributed by atoms with E-state index in [2.05, 4.69) is 10.5 Å². The molecular weight excluding hydrogens is 188 g/mol. The lowest BCUT2D eigenvalue weighted by Crippen LogP contribution is -2.11. The Kier molecular flexibility index (Phi) is 4.29. The molecule has 0 fully saturated rings. The Morgan fingerprint density at radius 3 is 3.08 bits per heavy atom. The Bertz CT molecular complexity index is 289. The molecule has 0 aliphatic carbocycles. The molecule has 0 aromatic heterocycles. The molecule has 0 heterocycles. The molecule has 0 bridgehead atoms. The number of hydrogen-bond acceptors (Lipinski definition) is 3. The minimum absolute atomic E-state index is 0.0763. The SMILES string of the molecule is OCCNN=Cc1cccc(Cl)c1. The molecule has 1 rings (SSSR count). The fraction of sp³-hybridized carbons (Fsp3) is 0.222. The number of hydrogen-bond donors (Lipinski definition) is 2. The summed E-state index contributed by atoms with van der Waals surface area (Å²) in [7, 11) is 0. The van der Waals surface area contributed by atoms with Gasteiger partial charge in [0.1, 0.15) is 0 Å². The van der Waals surface area contributed by atoms with Gasteiger partial charge in [0.2, 0.25) is 0 Å². The number of hydrazone groups is 1. The van der Waals surface area contributed by atoms with Gasteiger partial charge >= 0.3 is 0 Å². The second-order valence-electron chi connectivity index (χ2n) is 2.44. The zero-order valence-corrected chi connectivity index (χ0v) is 7.83. The van der Waals surface area contributed by atoms with E-state index in [-0.39, 0.29) is 6.61 Å². The van der Waals surface area contributed by atoms with E-state index in [1.165, 1.54) is 0 Å². The van der Waals surface area contributed by atoms with Crippen molar-refractivity contribution < 1.29 is 5.11 Å². The van der Waals surface area contributed by atoms with Crippen LogP contribution in [0.25, 0.3) is 0 Å². The van der Waals surface area contributed by atoms with Gasteiger partial charge in [-0.25, -0.2) is 0 Å². The average molecular weight is 199 g/mol. The number of nitrogens with zero attached hydrogens (tertiary/aromatic N) is 1. The standard InChI is InChI=1S/C9H11ClN2O/c10-9-3-1-2-8(6-9)7-12-11-4-5-13/h1-3,6-7,11,13H,4-5H2. The Labute approximate surface area is 82.0 Å². The summed E-state index contributed by atoms with van der Waals surface area (Å²) in [5.74, 6) is 0. The van der Waals surface area contributed by atoms with Crippen molar-refractivity contribution in [3.05, 3.63) is 34.9 Å². The van der Waals surface area contributed by atoms with Crippen molar-refractivity contribution in [2.45, 2.75) is 0 Å². The van der Waals surface area contributed by atoms with E-state index in [1.54, 1.807) is 12.3 Å². The van der Waals surface area contributed by atoms with Crippen molar-refractivity contribution in [1.29, 1.82) is 0 Å². The predicted octanol–water partition coefficient (Wildman–Crippen LogP) is 1.26. The normalized spacial score (nSPS) is 10.6. The molecule has 0 unspecified atom stereocenters. The molecule has 2 N–H and O–H groups in total. The van der Waals surface area contributed by atoms with Crippen molar-refractivity contribution >= 4 is 17.8 Å². The molecule has 0 amide bonds. The minimum Gasteiger partial charge on any atom is -0.394 e. The first-order valence-electron chi connectivity index (χ1n) is 3.95. The van der Waals surface area contributed by atoms with E-state index in [1.807, 2.05) is 18.2 Å². The summed E-state index contributed by atoms with van der Waals surface area (Å²) < 4.78 is 0. The van der Waals surface area contributed by atoms with Crippen LogP contribution in [0.4, 0.5) is 0 Å². The maximum Gasteiger partial charge on any atom is 0.0620 e. The Hall–Kier alpha value is -1.06. The van der Waals surface area contributed by atoms with Crippen LogP contribution in [0.15, 0.2) is 29.4 Å². The molecule has 0 atom stereocenters. The fourth-order valence-electron chi connectivity index (χ4n) is 0.822.